The van der Waals surface area contributed by atoms with Crippen molar-refractivity contribution in [2.24, 2.45) is 0 Å². The number of hydrogen-bond donors (Lipinski definition) is 4. The summed E-state index contributed by atoms with van der Waals surface area (Å²) in [6, 6.07) is 57.0. The molecule has 5 aromatic carbocycles. The number of ether oxygens (including phenoxy) is 2. The van der Waals surface area contributed by atoms with Crippen LogP contribution in [0.2, 0.25) is 0 Å². The minimum absolute atomic E-state index is 0.348. The molecule has 3 aliphatic heterocycles. The molecule has 11 heteroatoms. The lowest BCUT2D eigenvalue weighted by atomic mass is 9.76. The van der Waals surface area contributed by atoms with Crippen molar-refractivity contribution < 1.29 is 27.9 Å². The fourth-order valence-electron chi connectivity index (χ4n) is 10.4. The molecule has 0 amide bonds. The number of rotatable bonds is 1. The summed E-state index contributed by atoms with van der Waals surface area (Å²) in [6.07, 6.45) is -0.836. The number of fused-ring (bicyclic) bond motifs is 20. The van der Waals surface area contributed by atoms with Gasteiger partial charge in [-0.25, -0.2) is 9.36 Å². The van der Waals surface area contributed by atoms with Crippen molar-refractivity contribution in [1.29, 1.82) is 0 Å². The maximum absolute atomic E-state index is 15.4. The summed E-state index contributed by atoms with van der Waals surface area (Å²) in [4.78, 5) is 29.4. The zero-order valence-electron chi connectivity index (χ0n) is 36.6. The van der Waals surface area contributed by atoms with Gasteiger partial charge in [-0.3, -0.25) is 0 Å². The predicted molar refractivity (Wildman–Crippen MR) is 253 cm³/mol. The Kier molecular flexibility index (Phi) is 8.55. The summed E-state index contributed by atoms with van der Waals surface area (Å²) < 4.78 is 40.4. The van der Waals surface area contributed by atoms with Crippen molar-refractivity contribution >= 4 is 19.1 Å². The first-order valence-corrected chi connectivity index (χ1v) is 23.6. The van der Waals surface area contributed by atoms with Gasteiger partial charge in [0, 0.05) is 45.6 Å². The number of carbonyl (C=O) groups is 1. The van der Waals surface area contributed by atoms with E-state index in [0.717, 1.165) is 67.8 Å². The number of H-pyrrole nitrogens is 4. The van der Waals surface area contributed by atoms with Crippen LogP contribution in [0.3, 0.4) is 0 Å². The van der Waals surface area contributed by atoms with Crippen LogP contribution >= 0.6 is 7.60 Å². The van der Waals surface area contributed by atoms with E-state index in [4.69, 9.17) is 18.5 Å². The van der Waals surface area contributed by atoms with Crippen molar-refractivity contribution in [3.63, 3.8) is 0 Å². The quantitative estimate of drug-likeness (QED) is 0.0737. The lowest BCUT2D eigenvalue weighted by Gasteiger charge is -2.34. The molecule has 7 heterocycles. The Hall–Kier alpha value is -7.68. The fraction of sp³-hybridized carbons (Fsp3) is 0.145. The standard InChI is InChI=1S/C55H45N4O6P/c1-52-34-12-8-16-38(30-34)62-51(60)63-39-17-9-13-35(31-39)53(2,44-23-22-43(52)56-44)46-25-27-48(58-46)55(4)37-15-11-19-41(33-37)65-66(61,42-20-6-5-7-21-42)64-40-18-10-14-36(32-40)54(3,47-26-24-45(52)57-47)49-28-29-50(55)59-49/h5-33,56-59H,1-4H3. The molecule has 3 aliphatic rings. The normalized spacial score (nSPS) is 24.9. The number of nitrogens with one attached hydrogen (secondary N) is 4. The molecule has 4 aromatic heterocycles. The Bertz CT molecular complexity index is 3240. The van der Waals surface area contributed by atoms with E-state index < -0.39 is 35.4 Å². The second-order valence-electron chi connectivity index (χ2n) is 18.2. The lowest BCUT2D eigenvalue weighted by Crippen LogP contribution is -2.32. The third-order valence-corrected chi connectivity index (χ3v) is 16.5. The van der Waals surface area contributed by atoms with Gasteiger partial charge in [-0.05, 0) is 159 Å². The van der Waals surface area contributed by atoms with Crippen LogP contribution in [0.15, 0.2) is 176 Å². The van der Waals surface area contributed by atoms with Gasteiger partial charge in [-0.15, -0.1) is 0 Å². The molecule has 0 fully saturated rings. The van der Waals surface area contributed by atoms with E-state index in [1.807, 2.05) is 91.0 Å². The summed E-state index contributed by atoms with van der Waals surface area (Å²) in [5, 5.41) is 0.432. The van der Waals surface area contributed by atoms with Crippen LogP contribution in [0.5, 0.6) is 23.0 Å². The molecule has 4 atom stereocenters. The van der Waals surface area contributed by atoms with E-state index in [1.54, 1.807) is 24.3 Å². The molecule has 20 bridgehead atoms. The molecule has 0 spiro atoms. The van der Waals surface area contributed by atoms with Gasteiger partial charge in [-0.1, -0.05) is 66.7 Å². The molecule has 10 nitrogen and oxygen atoms in total. The Labute approximate surface area is 381 Å². The summed E-state index contributed by atoms with van der Waals surface area (Å²) >= 11 is 0. The highest BCUT2D eigenvalue weighted by molar-refractivity contribution is 7.63. The molecule has 66 heavy (non-hydrogen) atoms. The molecule has 4 unspecified atom stereocenters. The van der Waals surface area contributed by atoms with Gasteiger partial charge in [0.25, 0.3) is 0 Å². The van der Waals surface area contributed by atoms with E-state index in [1.165, 1.54) is 0 Å². The van der Waals surface area contributed by atoms with Crippen LogP contribution in [-0.4, -0.2) is 26.1 Å². The maximum Gasteiger partial charge on any atom is 0.519 e. The highest BCUT2D eigenvalue weighted by Crippen LogP contribution is 2.52. The van der Waals surface area contributed by atoms with Gasteiger partial charge in [0.1, 0.15) is 23.0 Å². The highest BCUT2D eigenvalue weighted by atomic mass is 31.2. The average Bonchev–Trinajstić information content (AvgIpc) is 4.19. The number of aromatic amines is 4. The topological polar surface area (TPSA) is 134 Å². The molecule has 0 saturated carbocycles. The van der Waals surface area contributed by atoms with Gasteiger partial charge in [0.2, 0.25) is 0 Å². The Morgan fingerprint density at radius 1 is 0.364 bits per heavy atom. The summed E-state index contributed by atoms with van der Waals surface area (Å²) in [6.45, 7) is 8.72. The summed E-state index contributed by atoms with van der Waals surface area (Å²) in [5.41, 5.74) is 7.32. The number of hydrogen-bond acceptors (Lipinski definition) is 6. The van der Waals surface area contributed by atoms with E-state index in [0.29, 0.717) is 28.3 Å². The first kappa shape index (κ1) is 39.9. The Morgan fingerprint density at radius 3 is 0.970 bits per heavy atom. The Balaban J connectivity index is 1.20. The molecule has 326 valence electrons. The van der Waals surface area contributed by atoms with Crippen LogP contribution < -0.4 is 23.8 Å². The van der Waals surface area contributed by atoms with Crippen molar-refractivity contribution in [2.75, 3.05) is 0 Å². The monoisotopic (exact) mass is 888 g/mol. The number of aromatic nitrogens is 4. The number of carbonyl (C=O) groups excluding carboxylic acids is 1. The Morgan fingerprint density at radius 2 is 0.652 bits per heavy atom. The second kappa shape index (κ2) is 14.2. The van der Waals surface area contributed by atoms with Crippen molar-refractivity contribution in [1.82, 2.24) is 19.9 Å². The number of benzene rings is 5. The van der Waals surface area contributed by atoms with Crippen molar-refractivity contribution in [2.45, 2.75) is 49.4 Å². The van der Waals surface area contributed by atoms with Crippen LogP contribution in [-0.2, 0) is 26.2 Å². The average molecular weight is 889 g/mol. The molecular weight excluding hydrogens is 844 g/mol. The molecule has 12 rings (SSSR count). The molecule has 0 saturated heterocycles. The zero-order valence-corrected chi connectivity index (χ0v) is 37.5. The highest BCUT2D eigenvalue weighted by Gasteiger charge is 2.45. The SMILES string of the molecule is CC12c3cccc(c3)OC(=O)Oc3cccc(c3)C(C)(c3ccc1[nH]3)c1ccc([nH]1)C1(C)c3cccc(c3)OP(=O)(c3ccccc3)Oc3cccc(c3)C(C)(c3ccc2[nH]3)c2ccc1[nH]2. The molecule has 0 radical (unpaired) electrons. The summed E-state index contributed by atoms with van der Waals surface area (Å²) in [5.74, 6) is 1.48. The van der Waals surface area contributed by atoms with Crippen molar-refractivity contribution in [3.8, 4) is 23.0 Å². The van der Waals surface area contributed by atoms with Crippen LogP contribution in [0.1, 0.15) is 95.5 Å². The minimum atomic E-state index is -4.05. The van der Waals surface area contributed by atoms with Crippen LogP contribution in [0.25, 0.3) is 0 Å². The predicted octanol–water partition coefficient (Wildman–Crippen LogP) is 11.9. The van der Waals surface area contributed by atoms with Gasteiger partial charge in [0.15, 0.2) is 0 Å². The van der Waals surface area contributed by atoms with E-state index >= 15 is 4.57 Å². The van der Waals surface area contributed by atoms with Gasteiger partial charge < -0.3 is 38.5 Å². The first-order valence-electron chi connectivity index (χ1n) is 22.0. The lowest BCUT2D eigenvalue weighted by molar-refractivity contribution is 0.151. The van der Waals surface area contributed by atoms with Gasteiger partial charge in [-0.2, -0.15) is 0 Å². The van der Waals surface area contributed by atoms with Crippen molar-refractivity contribution in [3.05, 3.63) is 244 Å². The van der Waals surface area contributed by atoms with E-state index in [9.17, 15) is 4.79 Å². The van der Waals surface area contributed by atoms with E-state index in [-0.39, 0.29) is 0 Å². The first-order chi connectivity index (χ1) is 31.9. The third-order valence-electron chi connectivity index (χ3n) is 14.6. The fourth-order valence-corrected chi connectivity index (χ4v) is 12.0. The summed E-state index contributed by atoms with van der Waals surface area (Å²) in [7, 11) is -4.05. The van der Waals surface area contributed by atoms with E-state index in [2.05, 4.69) is 108 Å². The molecular formula is C55H45N4O6P. The molecule has 0 aliphatic carbocycles. The maximum atomic E-state index is 15.4. The van der Waals surface area contributed by atoms with Crippen LogP contribution in [0.4, 0.5) is 4.79 Å². The molecule has 9 aromatic rings. The van der Waals surface area contributed by atoms with Gasteiger partial charge in [0.05, 0.1) is 27.0 Å². The third kappa shape index (κ3) is 5.80. The smallest absolute Gasteiger partial charge is 0.413 e. The largest absolute Gasteiger partial charge is 0.519 e. The second-order valence-corrected chi connectivity index (χ2v) is 20.1. The molecule has 4 N–H and O–H groups in total. The van der Waals surface area contributed by atoms with Gasteiger partial charge >= 0.3 is 13.8 Å². The minimum Gasteiger partial charge on any atom is -0.413 e. The zero-order chi connectivity index (χ0) is 45.1. The van der Waals surface area contributed by atoms with Crippen LogP contribution in [0, 0.1) is 0 Å².